The van der Waals surface area contributed by atoms with E-state index in [0.29, 0.717) is 16.8 Å². The van der Waals surface area contributed by atoms with Gasteiger partial charge in [0.2, 0.25) is 11.5 Å². The molecule has 1 atom stereocenters. The quantitative estimate of drug-likeness (QED) is 0.615. The number of aromatic amines is 1. The van der Waals surface area contributed by atoms with Gasteiger partial charge in [-0.1, -0.05) is 18.2 Å². The van der Waals surface area contributed by atoms with Crippen LogP contribution in [0.1, 0.15) is 11.8 Å². The Hall–Kier alpha value is -3.13. The predicted molar refractivity (Wildman–Crippen MR) is 85.5 cm³/mol. The largest absolute Gasteiger partial charge is 0.420 e. The van der Waals surface area contributed by atoms with Crippen LogP contribution in [-0.4, -0.2) is 27.1 Å². The summed E-state index contributed by atoms with van der Waals surface area (Å²) in [4.78, 5) is 37.5. The summed E-state index contributed by atoms with van der Waals surface area (Å²) in [5.41, 5.74) is 0.880. The third-order valence-electron chi connectivity index (χ3n) is 3.52. The van der Waals surface area contributed by atoms with E-state index in [9.17, 15) is 19.5 Å². The van der Waals surface area contributed by atoms with Gasteiger partial charge in [0.05, 0.1) is 5.52 Å². The normalized spacial score (nSPS) is 12.2. The van der Waals surface area contributed by atoms with Gasteiger partial charge in [0.15, 0.2) is 5.58 Å². The summed E-state index contributed by atoms with van der Waals surface area (Å²) in [7, 11) is 0. The molecule has 0 spiro atoms. The summed E-state index contributed by atoms with van der Waals surface area (Å²) in [5, 5.41) is 12.5. The van der Waals surface area contributed by atoms with E-state index >= 15 is 0 Å². The van der Waals surface area contributed by atoms with Gasteiger partial charge >= 0.3 is 5.76 Å². The number of hydrogen-bond donors (Lipinski definition) is 3. The number of amides is 1. The van der Waals surface area contributed by atoms with Crippen molar-refractivity contribution in [3.63, 3.8) is 0 Å². The highest BCUT2D eigenvalue weighted by Gasteiger charge is 2.14. The van der Waals surface area contributed by atoms with E-state index in [1.54, 1.807) is 30.3 Å². The number of H-pyrrole nitrogens is 1. The van der Waals surface area contributed by atoms with Crippen LogP contribution in [-0.2, 0) is 11.3 Å². The average molecular weight is 329 g/mol. The summed E-state index contributed by atoms with van der Waals surface area (Å²) in [6.07, 6.45) is -1.05. The van der Waals surface area contributed by atoms with Crippen LogP contribution in [0.4, 0.5) is 0 Å². The van der Waals surface area contributed by atoms with Gasteiger partial charge in [-0.2, -0.15) is 0 Å². The first-order valence-electron chi connectivity index (χ1n) is 7.27. The number of oxazole rings is 1. The fourth-order valence-electron chi connectivity index (χ4n) is 2.34. The monoisotopic (exact) mass is 329 g/mol. The fraction of sp³-hybridized carbons (Fsp3) is 0.188. The molecule has 3 aromatic rings. The van der Waals surface area contributed by atoms with E-state index in [1.165, 1.54) is 16.7 Å². The topological polar surface area (TPSA) is 117 Å². The lowest BCUT2D eigenvalue weighted by Crippen LogP contribution is -2.34. The van der Waals surface area contributed by atoms with Gasteiger partial charge in [0.25, 0.3) is 0 Å². The van der Waals surface area contributed by atoms with Crippen LogP contribution in [0.5, 0.6) is 0 Å². The van der Waals surface area contributed by atoms with Crippen LogP contribution >= 0.6 is 0 Å². The maximum atomic E-state index is 12.0. The van der Waals surface area contributed by atoms with Crippen LogP contribution in [0.15, 0.2) is 56.5 Å². The number of aliphatic hydroxyl groups is 1. The summed E-state index contributed by atoms with van der Waals surface area (Å²) in [5.74, 6) is -1.08. The molecule has 8 heteroatoms. The van der Waals surface area contributed by atoms with Crippen LogP contribution in [0, 0.1) is 0 Å². The van der Waals surface area contributed by atoms with Crippen LogP contribution in [0.3, 0.4) is 0 Å². The molecule has 0 aliphatic heterocycles. The van der Waals surface area contributed by atoms with Crippen molar-refractivity contribution in [3.8, 4) is 0 Å². The second-order valence-corrected chi connectivity index (χ2v) is 5.21. The summed E-state index contributed by atoms with van der Waals surface area (Å²) in [6.45, 7) is -0.322. The molecule has 0 fully saturated rings. The maximum Gasteiger partial charge on any atom is 0.420 e. The van der Waals surface area contributed by atoms with Crippen molar-refractivity contribution in [2.75, 3.05) is 6.54 Å². The Balaban J connectivity index is 1.66. The number of rotatable bonds is 5. The van der Waals surface area contributed by atoms with E-state index in [0.717, 1.165) is 0 Å². The number of carbonyl (C=O) groups is 1. The molecule has 1 unspecified atom stereocenters. The molecule has 0 aliphatic carbocycles. The molecule has 24 heavy (non-hydrogen) atoms. The number of benzene rings is 1. The molecule has 0 bridgehead atoms. The van der Waals surface area contributed by atoms with Gasteiger partial charge in [0.1, 0.15) is 12.6 Å². The molecule has 2 aromatic heterocycles. The SMILES string of the molecule is O=C(Cn1c(=O)oc2ccccc21)NCC(O)c1cccc(=O)[nH]1. The van der Waals surface area contributed by atoms with Gasteiger partial charge in [0, 0.05) is 18.3 Å². The number of hydrogen-bond acceptors (Lipinski definition) is 5. The van der Waals surface area contributed by atoms with Crippen molar-refractivity contribution in [3.05, 3.63) is 69.1 Å². The predicted octanol–water partition coefficient (Wildman–Crippen LogP) is 0.133. The Labute approximate surface area is 135 Å². The number of nitrogens with zero attached hydrogens (tertiary/aromatic N) is 1. The number of nitrogens with one attached hydrogen (secondary N) is 2. The smallest absolute Gasteiger partial charge is 0.408 e. The van der Waals surface area contributed by atoms with Crippen molar-refractivity contribution in [2.24, 2.45) is 0 Å². The van der Waals surface area contributed by atoms with Gasteiger partial charge in [-0.05, 0) is 18.2 Å². The number of carbonyl (C=O) groups excluding carboxylic acids is 1. The van der Waals surface area contributed by atoms with E-state index in [2.05, 4.69) is 10.3 Å². The second-order valence-electron chi connectivity index (χ2n) is 5.21. The molecule has 3 rings (SSSR count). The third kappa shape index (κ3) is 3.28. The van der Waals surface area contributed by atoms with Gasteiger partial charge in [-0.25, -0.2) is 4.79 Å². The van der Waals surface area contributed by atoms with Crippen molar-refractivity contribution in [2.45, 2.75) is 12.6 Å². The highest BCUT2D eigenvalue weighted by molar-refractivity contribution is 5.79. The first-order valence-corrected chi connectivity index (χ1v) is 7.27. The zero-order valence-electron chi connectivity index (χ0n) is 12.6. The standard InChI is InChI=1S/C16H15N3O5/c20-12(10-4-3-7-14(21)18-10)8-17-15(22)9-19-11-5-1-2-6-13(11)24-16(19)23/h1-7,12,20H,8-9H2,(H,17,22)(H,18,21). The molecule has 0 saturated heterocycles. The van der Waals surface area contributed by atoms with Gasteiger partial charge in [-0.15, -0.1) is 0 Å². The minimum absolute atomic E-state index is 0.0939. The Kier molecular flexibility index (Phi) is 4.30. The Morgan fingerprint density at radius 3 is 2.79 bits per heavy atom. The van der Waals surface area contributed by atoms with Crippen LogP contribution in [0.25, 0.3) is 11.1 Å². The highest BCUT2D eigenvalue weighted by Crippen LogP contribution is 2.11. The van der Waals surface area contributed by atoms with Crippen LogP contribution < -0.4 is 16.6 Å². The Bertz CT molecular complexity index is 985. The minimum Gasteiger partial charge on any atom is -0.408 e. The van der Waals surface area contributed by atoms with E-state index < -0.39 is 17.8 Å². The van der Waals surface area contributed by atoms with E-state index in [1.807, 2.05) is 0 Å². The number of pyridine rings is 1. The minimum atomic E-state index is -1.05. The molecular formula is C16H15N3O5. The molecular weight excluding hydrogens is 314 g/mol. The number of aromatic nitrogens is 2. The van der Waals surface area contributed by atoms with E-state index in [4.69, 9.17) is 4.42 Å². The first-order chi connectivity index (χ1) is 11.5. The molecule has 8 nitrogen and oxygen atoms in total. The van der Waals surface area contributed by atoms with Crippen molar-refractivity contribution >= 4 is 17.0 Å². The lowest BCUT2D eigenvalue weighted by atomic mass is 10.2. The summed E-state index contributed by atoms with van der Waals surface area (Å²) < 4.78 is 6.26. The zero-order valence-corrected chi connectivity index (χ0v) is 12.6. The molecule has 124 valence electrons. The molecule has 0 radical (unpaired) electrons. The second kappa shape index (κ2) is 6.55. The molecule has 0 saturated carbocycles. The van der Waals surface area contributed by atoms with Crippen LogP contribution in [0.2, 0.25) is 0 Å². The maximum absolute atomic E-state index is 12.0. The molecule has 1 aromatic carbocycles. The molecule has 0 aliphatic rings. The summed E-state index contributed by atoms with van der Waals surface area (Å²) in [6, 6.07) is 11.2. The Morgan fingerprint density at radius 2 is 2.00 bits per heavy atom. The third-order valence-corrected chi connectivity index (χ3v) is 3.52. The lowest BCUT2D eigenvalue weighted by Gasteiger charge is -2.12. The highest BCUT2D eigenvalue weighted by atomic mass is 16.4. The van der Waals surface area contributed by atoms with E-state index in [-0.39, 0.29) is 18.6 Å². The number of aliphatic hydroxyl groups excluding tert-OH is 1. The number of para-hydroxylation sites is 2. The molecule has 3 N–H and O–H groups in total. The fourth-order valence-corrected chi connectivity index (χ4v) is 2.34. The summed E-state index contributed by atoms with van der Waals surface area (Å²) >= 11 is 0. The van der Waals surface area contributed by atoms with Crippen molar-refractivity contribution < 1.29 is 14.3 Å². The van der Waals surface area contributed by atoms with Gasteiger partial charge in [-0.3, -0.25) is 14.2 Å². The Morgan fingerprint density at radius 1 is 1.21 bits per heavy atom. The molecule has 1 amide bonds. The first kappa shape index (κ1) is 15.8. The van der Waals surface area contributed by atoms with Crippen molar-refractivity contribution in [1.29, 1.82) is 0 Å². The molecule has 2 heterocycles. The zero-order chi connectivity index (χ0) is 17.1. The number of fused-ring (bicyclic) bond motifs is 1. The lowest BCUT2D eigenvalue weighted by molar-refractivity contribution is -0.122. The van der Waals surface area contributed by atoms with Crippen molar-refractivity contribution in [1.82, 2.24) is 14.9 Å². The van der Waals surface area contributed by atoms with Gasteiger partial charge < -0.3 is 19.8 Å². The average Bonchev–Trinajstić information content (AvgIpc) is 2.88.